The van der Waals surface area contributed by atoms with Gasteiger partial charge in [-0.2, -0.15) is 13.2 Å². The van der Waals surface area contributed by atoms with Gasteiger partial charge in [0.15, 0.2) is 0 Å². The Hall–Kier alpha value is -1.22. The average Bonchev–Trinajstić information content (AvgIpc) is 2.31. The van der Waals surface area contributed by atoms with Gasteiger partial charge in [0.2, 0.25) is 0 Å². The second kappa shape index (κ2) is 5.65. The molecule has 0 aliphatic rings. The normalized spacial score (nSPS) is 11.4. The van der Waals surface area contributed by atoms with E-state index >= 15 is 0 Å². The van der Waals surface area contributed by atoms with Crippen molar-refractivity contribution in [3.8, 4) is 0 Å². The molecular weight excluding hydrogens is 406 g/mol. The smallest absolute Gasteiger partial charge is 0.384 e. The van der Waals surface area contributed by atoms with E-state index in [0.717, 1.165) is 15.7 Å². The highest BCUT2D eigenvalue weighted by atomic mass is 127. The first-order chi connectivity index (χ1) is 9.25. The molecule has 0 amide bonds. The predicted octanol–water partition coefficient (Wildman–Crippen LogP) is 4.68. The maximum Gasteiger partial charge on any atom is 0.416 e. The van der Waals surface area contributed by atoms with Crippen LogP contribution in [0, 0.1) is 3.57 Å². The molecule has 1 aromatic heterocycles. The van der Waals surface area contributed by atoms with Crippen LogP contribution in [0.15, 0.2) is 30.3 Å². The number of pyridine rings is 1. The van der Waals surface area contributed by atoms with Crippen molar-refractivity contribution in [3.05, 3.63) is 44.5 Å². The number of aromatic nitrogens is 1. The van der Waals surface area contributed by atoms with Gasteiger partial charge in [0.05, 0.1) is 11.3 Å². The standard InChI is InChI=1S/C12H8ClF3IN3/c13-7-1-2-9(8(17)5-7)19-11-4-6(12(14,15)16)3-10(18)20-11/h1-5H,(H3,18,19,20). The quantitative estimate of drug-likeness (QED) is 0.703. The first-order valence-electron chi connectivity index (χ1n) is 5.32. The van der Waals surface area contributed by atoms with E-state index in [2.05, 4.69) is 10.3 Å². The van der Waals surface area contributed by atoms with Crippen LogP contribution in [0.3, 0.4) is 0 Å². The monoisotopic (exact) mass is 413 g/mol. The third-order valence-corrected chi connectivity index (χ3v) is 3.49. The van der Waals surface area contributed by atoms with E-state index in [0.29, 0.717) is 10.7 Å². The topological polar surface area (TPSA) is 50.9 Å². The van der Waals surface area contributed by atoms with Crippen molar-refractivity contribution < 1.29 is 13.2 Å². The number of hydrogen-bond acceptors (Lipinski definition) is 3. The molecule has 3 N–H and O–H groups in total. The van der Waals surface area contributed by atoms with Crippen LogP contribution in [0.4, 0.5) is 30.5 Å². The molecule has 0 fully saturated rings. The van der Waals surface area contributed by atoms with Gasteiger partial charge < -0.3 is 11.1 Å². The van der Waals surface area contributed by atoms with Crippen molar-refractivity contribution in [3.63, 3.8) is 0 Å². The number of nitrogens with zero attached hydrogens (tertiary/aromatic N) is 1. The molecule has 1 aromatic carbocycles. The molecule has 0 radical (unpaired) electrons. The molecule has 8 heteroatoms. The van der Waals surface area contributed by atoms with E-state index in [9.17, 15) is 13.2 Å². The number of hydrogen-bond donors (Lipinski definition) is 2. The van der Waals surface area contributed by atoms with Crippen LogP contribution in [0.5, 0.6) is 0 Å². The number of nitrogen functional groups attached to an aromatic ring is 1. The van der Waals surface area contributed by atoms with Crippen molar-refractivity contribution in [1.82, 2.24) is 4.98 Å². The fourth-order valence-electron chi connectivity index (χ4n) is 1.51. The number of alkyl halides is 3. The molecule has 0 saturated heterocycles. The van der Waals surface area contributed by atoms with E-state index < -0.39 is 11.7 Å². The highest BCUT2D eigenvalue weighted by Crippen LogP contribution is 2.32. The van der Waals surface area contributed by atoms with E-state index in [1.165, 1.54) is 0 Å². The molecular formula is C12H8ClF3IN3. The Kier molecular flexibility index (Phi) is 4.28. The average molecular weight is 414 g/mol. The van der Waals surface area contributed by atoms with E-state index in [4.69, 9.17) is 17.3 Å². The Morgan fingerprint density at radius 3 is 2.50 bits per heavy atom. The number of rotatable bonds is 2. The van der Waals surface area contributed by atoms with E-state index in [-0.39, 0.29) is 11.6 Å². The zero-order chi connectivity index (χ0) is 14.9. The van der Waals surface area contributed by atoms with Crippen molar-refractivity contribution in [2.75, 3.05) is 11.1 Å². The van der Waals surface area contributed by atoms with Crippen LogP contribution in [-0.4, -0.2) is 4.98 Å². The third kappa shape index (κ3) is 3.66. The van der Waals surface area contributed by atoms with E-state index in [1.54, 1.807) is 18.2 Å². The van der Waals surface area contributed by atoms with Gasteiger partial charge in [-0.3, -0.25) is 0 Å². The van der Waals surface area contributed by atoms with Crippen molar-refractivity contribution >= 4 is 51.5 Å². The number of benzene rings is 1. The maximum absolute atomic E-state index is 12.7. The molecule has 3 nitrogen and oxygen atoms in total. The molecule has 0 spiro atoms. The van der Waals surface area contributed by atoms with Crippen molar-refractivity contribution in [2.45, 2.75) is 6.18 Å². The van der Waals surface area contributed by atoms with Crippen LogP contribution in [0.2, 0.25) is 5.02 Å². The van der Waals surface area contributed by atoms with Gasteiger partial charge in [-0.25, -0.2) is 4.98 Å². The van der Waals surface area contributed by atoms with Crippen LogP contribution in [0.1, 0.15) is 5.56 Å². The summed E-state index contributed by atoms with van der Waals surface area (Å²) in [7, 11) is 0. The highest BCUT2D eigenvalue weighted by Gasteiger charge is 2.31. The molecule has 0 aliphatic carbocycles. The third-order valence-electron chi connectivity index (χ3n) is 2.37. The first kappa shape index (κ1) is 15.2. The molecule has 2 aromatic rings. The summed E-state index contributed by atoms with van der Waals surface area (Å²) in [4.78, 5) is 3.84. The molecule has 0 unspecified atom stereocenters. The van der Waals surface area contributed by atoms with Gasteiger partial charge in [0, 0.05) is 8.59 Å². The molecule has 2 rings (SSSR count). The summed E-state index contributed by atoms with van der Waals surface area (Å²) in [5, 5.41) is 3.33. The Morgan fingerprint density at radius 2 is 1.90 bits per heavy atom. The molecule has 20 heavy (non-hydrogen) atoms. The zero-order valence-corrected chi connectivity index (χ0v) is 12.7. The van der Waals surface area contributed by atoms with Crippen molar-refractivity contribution in [1.29, 1.82) is 0 Å². The van der Waals surface area contributed by atoms with Gasteiger partial charge >= 0.3 is 6.18 Å². The molecule has 106 valence electrons. The fraction of sp³-hybridized carbons (Fsp3) is 0.0833. The SMILES string of the molecule is Nc1cc(C(F)(F)F)cc(Nc2ccc(Cl)cc2I)n1. The summed E-state index contributed by atoms with van der Waals surface area (Å²) in [6.45, 7) is 0. The van der Waals surface area contributed by atoms with Crippen LogP contribution >= 0.6 is 34.2 Å². The maximum atomic E-state index is 12.7. The highest BCUT2D eigenvalue weighted by molar-refractivity contribution is 14.1. The Labute approximate surface area is 131 Å². The predicted molar refractivity (Wildman–Crippen MR) is 81.1 cm³/mol. The van der Waals surface area contributed by atoms with E-state index in [1.807, 2.05) is 22.6 Å². The number of nitrogens with two attached hydrogens (primary N) is 1. The summed E-state index contributed by atoms with van der Waals surface area (Å²) < 4.78 is 38.8. The van der Waals surface area contributed by atoms with Gasteiger partial charge in [-0.15, -0.1) is 0 Å². The fourth-order valence-corrected chi connectivity index (χ4v) is 2.51. The van der Waals surface area contributed by atoms with Crippen LogP contribution in [-0.2, 0) is 6.18 Å². The van der Waals surface area contributed by atoms with Crippen molar-refractivity contribution in [2.24, 2.45) is 0 Å². The van der Waals surface area contributed by atoms with Gasteiger partial charge in [-0.05, 0) is 52.9 Å². The summed E-state index contributed by atoms with van der Waals surface area (Å²) in [6, 6.07) is 6.66. The minimum absolute atomic E-state index is 0.0255. The van der Waals surface area contributed by atoms with Gasteiger partial charge in [0.1, 0.15) is 11.6 Å². The summed E-state index contributed by atoms with van der Waals surface area (Å²) in [5.41, 5.74) is 5.15. The molecule has 1 heterocycles. The molecule has 0 atom stereocenters. The summed E-state index contributed by atoms with van der Waals surface area (Å²) in [5.74, 6) is -0.177. The second-order valence-electron chi connectivity index (χ2n) is 3.91. The van der Waals surface area contributed by atoms with Gasteiger partial charge in [-0.1, -0.05) is 11.6 Å². The molecule has 0 saturated carbocycles. The number of nitrogens with one attached hydrogen (secondary N) is 1. The molecule has 0 bridgehead atoms. The zero-order valence-electron chi connectivity index (χ0n) is 9.80. The minimum Gasteiger partial charge on any atom is -0.384 e. The Morgan fingerprint density at radius 1 is 1.20 bits per heavy atom. The first-order valence-corrected chi connectivity index (χ1v) is 6.78. The Balaban J connectivity index is 2.36. The Bertz CT molecular complexity index is 646. The second-order valence-corrected chi connectivity index (χ2v) is 5.51. The molecule has 0 aliphatic heterocycles. The summed E-state index contributed by atoms with van der Waals surface area (Å²) in [6.07, 6.45) is -4.47. The lowest BCUT2D eigenvalue weighted by Crippen LogP contribution is -2.08. The lowest BCUT2D eigenvalue weighted by Gasteiger charge is -2.12. The minimum atomic E-state index is -4.47. The lowest BCUT2D eigenvalue weighted by atomic mass is 10.2. The largest absolute Gasteiger partial charge is 0.416 e. The lowest BCUT2D eigenvalue weighted by molar-refractivity contribution is -0.137. The summed E-state index contributed by atoms with van der Waals surface area (Å²) >= 11 is 7.83. The number of halogens is 5. The number of anilines is 3. The van der Waals surface area contributed by atoms with Crippen LogP contribution in [0.25, 0.3) is 0 Å². The van der Waals surface area contributed by atoms with Gasteiger partial charge in [0.25, 0.3) is 0 Å². The van der Waals surface area contributed by atoms with Crippen LogP contribution < -0.4 is 11.1 Å².